The number of benzene rings is 11. The Kier molecular flexibility index (Phi) is 9.64. The summed E-state index contributed by atoms with van der Waals surface area (Å²) in [6, 6.07) is 79.8. The highest BCUT2D eigenvalue weighted by Gasteiger charge is 2.22. The fourth-order valence-corrected chi connectivity index (χ4v) is 12.0. The van der Waals surface area contributed by atoms with Crippen molar-refractivity contribution in [2.24, 2.45) is 0 Å². The molecule has 11 aromatic carbocycles. The molecule has 0 fully saturated rings. The molecule has 0 saturated heterocycles. The van der Waals surface area contributed by atoms with Crippen molar-refractivity contribution in [1.29, 1.82) is 0 Å². The summed E-state index contributed by atoms with van der Waals surface area (Å²) < 4.78 is 8.75. The van der Waals surface area contributed by atoms with Gasteiger partial charge in [-0.25, -0.2) is 0 Å². The smallest absolute Gasteiger partial charge is 0.135 e. The Hall–Kier alpha value is -8.24. The predicted molar refractivity (Wildman–Crippen MR) is 299 cm³/mol. The summed E-state index contributed by atoms with van der Waals surface area (Å²) >= 11 is 1.88. The molecule has 328 valence electrons. The van der Waals surface area contributed by atoms with Gasteiger partial charge in [-0.05, 0) is 137 Å². The number of nitrogens with zero attached hydrogens (tertiary/aromatic N) is 1. The molecule has 2 aromatic heterocycles. The van der Waals surface area contributed by atoms with E-state index in [0.29, 0.717) is 0 Å². The minimum Gasteiger partial charge on any atom is -0.456 e. The van der Waals surface area contributed by atoms with Gasteiger partial charge in [0.15, 0.2) is 0 Å². The molecule has 0 N–H and O–H groups in total. The zero-order valence-corrected chi connectivity index (χ0v) is 39.5. The van der Waals surface area contributed by atoms with Crippen LogP contribution in [0.3, 0.4) is 0 Å². The summed E-state index contributed by atoms with van der Waals surface area (Å²) in [5.74, 6) is 0. The van der Waals surface area contributed by atoms with Gasteiger partial charge in [-0.1, -0.05) is 191 Å². The second-order valence-electron chi connectivity index (χ2n) is 19.2. The van der Waals surface area contributed by atoms with Crippen LogP contribution in [0.25, 0.3) is 109 Å². The zero-order chi connectivity index (χ0) is 46.2. The van der Waals surface area contributed by atoms with Gasteiger partial charge >= 0.3 is 0 Å². The molecule has 0 radical (unpaired) electrons. The highest BCUT2D eigenvalue weighted by molar-refractivity contribution is 7.25. The third kappa shape index (κ3) is 7.00. The van der Waals surface area contributed by atoms with Crippen LogP contribution in [0.2, 0.25) is 0 Å². The van der Waals surface area contributed by atoms with E-state index in [1.807, 2.05) is 23.5 Å². The van der Waals surface area contributed by atoms with E-state index < -0.39 is 0 Å². The molecule has 0 amide bonds. The lowest BCUT2D eigenvalue weighted by Crippen LogP contribution is -2.11. The first kappa shape index (κ1) is 41.0. The molecule has 0 aliphatic rings. The van der Waals surface area contributed by atoms with Gasteiger partial charge in [-0.15, -0.1) is 11.3 Å². The van der Waals surface area contributed by atoms with E-state index in [2.05, 4.69) is 244 Å². The molecule has 0 atom stereocenters. The Balaban J connectivity index is 0.841. The average Bonchev–Trinajstić information content (AvgIpc) is 3.95. The van der Waals surface area contributed by atoms with Gasteiger partial charge in [0.1, 0.15) is 11.2 Å². The summed E-state index contributed by atoms with van der Waals surface area (Å²) in [5, 5.41) is 12.5. The van der Waals surface area contributed by atoms with Crippen LogP contribution in [0, 0.1) is 0 Å². The van der Waals surface area contributed by atoms with E-state index in [4.69, 9.17) is 4.42 Å². The SMILES string of the molecule is CC(C)(C)c1ccc(-c2c3ccccc3c(-c3ccc4c(c3)sc3cc(C=Cc5ccc(N(c6ccccc6)c6ccc7oc8ccccc8c7c6)cc5)ccc34)c3ccccc23)c2ccccc12. The minimum atomic E-state index is 0.0333. The van der Waals surface area contributed by atoms with Crippen molar-refractivity contribution >= 4 is 115 Å². The number of rotatable bonds is 7. The topological polar surface area (TPSA) is 16.4 Å². The number of thiophene rings is 1. The van der Waals surface area contributed by atoms with E-state index >= 15 is 0 Å². The molecular formula is C66H47NOS. The molecule has 0 unspecified atom stereocenters. The maximum atomic E-state index is 6.17. The van der Waals surface area contributed by atoms with Crippen LogP contribution in [0.15, 0.2) is 223 Å². The second-order valence-corrected chi connectivity index (χ2v) is 20.3. The molecular weight excluding hydrogens is 855 g/mol. The summed E-state index contributed by atoms with van der Waals surface area (Å²) in [6.45, 7) is 6.93. The summed E-state index contributed by atoms with van der Waals surface area (Å²) in [4.78, 5) is 2.31. The molecule has 0 saturated carbocycles. The van der Waals surface area contributed by atoms with Crippen molar-refractivity contribution in [3.63, 3.8) is 0 Å². The Labute approximate surface area is 405 Å². The van der Waals surface area contributed by atoms with Crippen LogP contribution in [0.5, 0.6) is 0 Å². The monoisotopic (exact) mass is 901 g/mol. The van der Waals surface area contributed by atoms with Gasteiger partial charge in [0, 0.05) is 48.0 Å². The fraction of sp³-hybridized carbons (Fsp3) is 0.0606. The first-order chi connectivity index (χ1) is 33.8. The summed E-state index contributed by atoms with van der Waals surface area (Å²) in [5.41, 5.74) is 13.9. The van der Waals surface area contributed by atoms with Gasteiger partial charge in [-0.2, -0.15) is 0 Å². The van der Waals surface area contributed by atoms with Crippen LogP contribution in [0.1, 0.15) is 37.5 Å². The normalized spacial score (nSPS) is 12.2. The van der Waals surface area contributed by atoms with E-state index in [0.717, 1.165) is 44.6 Å². The lowest BCUT2D eigenvalue weighted by Gasteiger charge is -2.25. The third-order valence-electron chi connectivity index (χ3n) is 14.0. The molecule has 13 aromatic rings. The van der Waals surface area contributed by atoms with E-state index in [-0.39, 0.29) is 5.41 Å². The number of fused-ring (bicyclic) bond motifs is 9. The molecule has 0 bridgehead atoms. The summed E-state index contributed by atoms with van der Waals surface area (Å²) in [6.07, 6.45) is 4.45. The average molecular weight is 902 g/mol. The van der Waals surface area contributed by atoms with Crippen LogP contribution in [-0.4, -0.2) is 0 Å². The maximum Gasteiger partial charge on any atom is 0.135 e. The Morgan fingerprint density at radius 3 is 1.62 bits per heavy atom. The molecule has 0 spiro atoms. The molecule has 2 nitrogen and oxygen atoms in total. The van der Waals surface area contributed by atoms with E-state index in [1.165, 1.54) is 85.9 Å². The number of anilines is 3. The van der Waals surface area contributed by atoms with E-state index in [9.17, 15) is 0 Å². The minimum absolute atomic E-state index is 0.0333. The molecule has 2 heterocycles. The quantitative estimate of drug-likeness (QED) is 0.117. The molecule has 0 aliphatic heterocycles. The van der Waals surface area contributed by atoms with Crippen molar-refractivity contribution in [2.45, 2.75) is 26.2 Å². The largest absolute Gasteiger partial charge is 0.456 e. The second kappa shape index (κ2) is 16.2. The number of furan rings is 1. The van der Waals surface area contributed by atoms with Gasteiger partial charge in [0.05, 0.1) is 0 Å². The standard InChI is InChI=1S/C66H47NOS/c1-66(2,3)59-37-36-57(48-17-7-8-18-49(48)59)65-55-22-11-9-20-53(55)64(54-21-10-12-23-56(54)65)44-30-35-52-51-34-29-43(39-62(51)69-63(52)40-44)26-25-42-27-31-46(32-28-42)67(45-15-5-4-6-16-45)47-33-38-61-58(41-47)50-19-13-14-24-60(50)68-61/h4-41H,1-3H3. The maximum absolute atomic E-state index is 6.17. The molecule has 13 rings (SSSR count). The molecule has 69 heavy (non-hydrogen) atoms. The van der Waals surface area contributed by atoms with E-state index in [1.54, 1.807) is 0 Å². The van der Waals surface area contributed by atoms with Gasteiger partial charge in [0.25, 0.3) is 0 Å². The van der Waals surface area contributed by atoms with Crippen molar-refractivity contribution in [3.05, 3.63) is 235 Å². The number of hydrogen-bond acceptors (Lipinski definition) is 3. The predicted octanol–water partition coefficient (Wildman–Crippen LogP) is 19.7. The Morgan fingerprint density at radius 1 is 0.377 bits per heavy atom. The van der Waals surface area contributed by atoms with Gasteiger partial charge in [-0.3, -0.25) is 0 Å². The lowest BCUT2D eigenvalue weighted by molar-refractivity contribution is 0.596. The highest BCUT2D eigenvalue weighted by Crippen LogP contribution is 2.48. The van der Waals surface area contributed by atoms with Crippen LogP contribution < -0.4 is 4.90 Å². The molecule has 0 aliphatic carbocycles. The van der Waals surface area contributed by atoms with Crippen molar-refractivity contribution in [2.75, 3.05) is 4.90 Å². The van der Waals surface area contributed by atoms with Gasteiger partial charge in [0.2, 0.25) is 0 Å². The zero-order valence-electron chi connectivity index (χ0n) is 38.7. The van der Waals surface area contributed by atoms with Crippen molar-refractivity contribution < 1.29 is 4.42 Å². The highest BCUT2D eigenvalue weighted by atomic mass is 32.1. The Bertz CT molecular complexity index is 4110. The van der Waals surface area contributed by atoms with Crippen LogP contribution >= 0.6 is 11.3 Å². The first-order valence-electron chi connectivity index (χ1n) is 23.8. The van der Waals surface area contributed by atoms with Crippen molar-refractivity contribution in [1.82, 2.24) is 0 Å². The molecule has 3 heteroatoms. The van der Waals surface area contributed by atoms with Crippen LogP contribution in [0.4, 0.5) is 17.1 Å². The number of hydrogen-bond donors (Lipinski definition) is 0. The first-order valence-corrected chi connectivity index (χ1v) is 24.6. The Morgan fingerprint density at radius 2 is 0.913 bits per heavy atom. The fourth-order valence-electron chi connectivity index (χ4n) is 10.8. The summed E-state index contributed by atoms with van der Waals surface area (Å²) in [7, 11) is 0. The van der Waals surface area contributed by atoms with Gasteiger partial charge < -0.3 is 9.32 Å². The third-order valence-corrected chi connectivity index (χ3v) is 15.1. The number of para-hydroxylation sites is 2. The lowest BCUT2D eigenvalue weighted by atomic mass is 9.80. The van der Waals surface area contributed by atoms with Crippen molar-refractivity contribution in [3.8, 4) is 22.3 Å². The van der Waals surface area contributed by atoms with Crippen LogP contribution in [-0.2, 0) is 5.41 Å².